The number of nitrogen functional groups attached to an aromatic ring is 1. The number of nitrogens with two attached hydrogens (primary N) is 1. The quantitative estimate of drug-likeness (QED) is 0.847. The van der Waals surface area contributed by atoms with Crippen LogP contribution in [0.5, 0.6) is 0 Å². The van der Waals surface area contributed by atoms with Gasteiger partial charge in [-0.3, -0.25) is 4.98 Å². The van der Waals surface area contributed by atoms with Gasteiger partial charge in [-0.2, -0.15) is 5.26 Å². The predicted octanol–water partition coefficient (Wildman–Crippen LogP) is 2.21. The van der Waals surface area contributed by atoms with E-state index in [0.717, 1.165) is 18.7 Å². The molecule has 1 aromatic carbocycles. The van der Waals surface area contributed by atoms with Crippen LogP contribution in [0.3, 0.4) is 0 Å². The zero-order chi connectivity index (χ0) is 13.7. The van der Waals surface area contributed by atoms with Crippen molar-refractivity contribution in [2.24, 2.45) is 0 Å². The third kappa shape index (κ3) is 3.23. The summed E-state index contributed by atoms with van der Waals surface area (Å²) in [7, 11) is 1.98. The number of likely N-dealkylation sites (N-methyl/N-ethyl adjacent to an activating group) is 1. The van der Waals surface area contributed by atoms with Gasteiger partial charge in [-0.15, -0.1) is 0 Å². The van der Waals surface area contributed by atoms with Crippen LogP contribution in [0.1, 0.15) is 11.1 Å². The minimum Gasteiger partial charge on any atom is -0.397 e. The molecule has 1 heterocycles. The van der Waals surface area contributed by atoms with Crippen molar-refractivity contribution in [2.45, 2.75) is 6.42 Å². The number of pyridine rings is 1. The van der Waals surface area contributed by atoms with Gasteiger partial charge in [0.2, 0.25) is 0 Å². The largest absolute Gasteiger partial charge is 0.397 e. The van der Waals surface area contributed by atoms with Gasteiger partial charge in [0.1, 0.15) is 0 Å². The second-order valence-corrected chi connectivity index (χ2v) is 4.41. The molecule has 0 unspecified atom stereocenters. The number of aromatic nitrogens is 1. The lowest BCUT2D eigenvalue weighted by atomic mass is 10.1. The van der Waals surface area contributed by atoms with Crippen LogP contribution in [0.15, 0.2) is 42.7 Å². The topological polar surface area (TPSA) is 65.9 Å². The molecule has 96 valence electrons. The molecule has 0 bridgehead atoms. The molecule has 0 amide bonds. The van der Waals surface area contributed by atoms with E-state index < -0.39 is 0 Å². The van der Waals surface area contributed by atoms with Crippen molar-refractivity contribution in [3.63, 3.8) is 0 Å². The molecule has 4 nitrogen and oxygen atoms in total. The third-order valence-electron chi connectivity index (χ3n) is 3.06. The highest BCUT2D eigenvalue weighted by atomic mass is 15.1. The van der Waals surface area contributed by atoms with E-state index in [9.17, 15) is 0 Å². The van der Waals surface area contributed by atoms with Gasteiger partial charge in [-0.25, -0.2) is 0 Å². The summed E-state index contributed by atoms with van der Waals surface area (Å²) < 4.78 is 0. The Morgan fingerprint density at radius 1 is 1.26 bits per heavy atom. The summed E-state index contributed by atoms with van der Waals surface area (Å²) in [5.74, 6) is 0. The average molecular weight is 252 g/mol. The van der Waals surface area contributed by atoms with Crippen molar-refractivity contribution < 1.29 is 0 Å². The van der Waals surface area contributed by atoms with Gasteiger partial charge in [-0.05, 0) is 42.3 Å². The molecule has 0 saturated carbocycles. The molecule has 0 spiro atoms. The van der Waals surface area contributed by atoms with Gasteiger partial charge in [0.25, 0.3) is 0 Å². The summed E-state index contributed by atoms with van der Waals surface area (Å²) >= 11 is 0. The Morgan fingerprint density at radius 2 is 2.00 bits per heavy atom. The average Bonchev–Trinajstić information content (AvgIpc) is 2.46. The van der Waals surface area contributed by atoms with Crippen molar-refractivity contribution in [1.82, 2.24) is 4.98 Å². The molecule has 0 aliphatic carbocycles. The smallest absolute Gasteiger partial charge is 0.0992 e. The summed E-state index contributed by atoms with van der Waals surface area (Å²) in [5.41, 5.74) is 9.40. The fraction of sp³-hybridized carbons (Fsp3) is 0.200. The van der Waals surface area contributed by atoms with Gasteiger partial charge >= 0.3 is 0 Å². The van der Waals surface area contributed by atoms with Crippen LogP contribution in [-0.2, 0) is 6.42 Å². The molecule has 1 aromatic heterocycles. The first-order valence-electron chi connectivity index (χ1n) is 6.10. The molecular weight excluding hydrogens is 236 g/mol. The van der Waals surface area contributed by atoms with E-state index >= 15 is 0 Å². The van der Waals surface area contributed by atoms with E-state index in [2.05, 4.69) is 16.0 Å². The first kappa shape index (κ1) is 12.9. The van der Waals surface area contributed by atoms with E-state index in [1.165, 1.54) is 5.56 Å². The van der Waals surface area contributed by atoms with Gasteiger partial charge in [0.15, 0.2) is 0 Å². The van der Waals surface area contributed by atoms with Crippen LogP contribution in [0.25, 0.3) is 0 Å². The second kappa shape index (κ2) is 5.87. The van der Waals surface area contributed by atoms with Crippen LogP contribution in [0.2, 0.25) is 0 Å². The van der Waals surface area contributed by atoms with Crippen LogP contribution in [0.4, 0.5) is 11.4 Å². The molecule has 0 atom stereocenters. The van der Waals surface area contributed by atoms with Gasteiger partial charge < -0.3 is 10.6 Å². The number of rotatable bonds is 4. The van der Waals surface area contributed by atoms with E-state index in [1.54, 1.807) is 24.5 Å². The lowest BCUT2D eigenvalue weighted by molar-refractivity contribution is 0.876. The first-order chi connectivity index (χ1) is 9.20. The number of nitriles is 1. The maximum atomic E-state index is 8.93. The summed E-state index contributed by atoms with van der Waals surface area (Å²) in [6, 6.07) is 11.5. The summed E-state index contributed by atoms with van der Waals surface area (Å²) in [5, 5.41) is 8.93. The molecule has 0 aliphatic heterocycles. The van der Waals surface area contributed by atoms with Crippen molar-refractivity contribution in [1.29, 1.82) is 5.26 Å². The molecule has 19 heavy (non-hydrogen) atoms. The maximum absolute atomic E-state index is 8.93. The highest BCUT2D eigenvalue weighted by Crippen LogP contribution is 2.23. The molecule has 2 N–H and O–H groups in total. The Kier molecular flexibility index (Phi) is 3.99. The number of benzene rings is 1. The van der Waals surface area contributed by atoms with Gasteiger partial charge in [0, 0.05) is 26.0 Å². The van der Waals surface area contributed by atoms with Crippen molar-refractivity contribution in [2.75, 3.05) is 24.2 Å². The van der Waals surface area contributed by atoms with Crippen molar-refractivity contribution in [3.05, 3.63) is 53.9 Å². The van der Waals surface area contributed by atoms with E-state index in [0.29, 0.717) is 11.3 Å². The minimum atomic E-state index is 0.625. The van der Waals surface area contributed by atoms with E-state index in [4.69, 9.17) is 11.0 Å². The lowest BCUT2D eigenvalue weighted by Crippen LogP contribution is -2.21. The molecule has 0 saturated heterocycles. The zero-order valence-electron chi connectivity index (χ0n) is 10.9. The van der Waals surface area contributed by atoms with E-state index in [1.807, 2.05) is 25.2 Å². The Morgan fingerprint density at radius 3 is 2.68 bits per heavy atom. The molecule has 0 fully saturated rings. The molecule has 2 aromatic rings. The fourth-order valence-electron chi connectivity index (χ4n) is 1.91. The van der Waals surface area contributed by atoms with Crippen LogP contribution >= 0.6 is 0 Å². The third-order valence-corrected chi connectivity index (χ3v) is 3.06. The molecule has 2 rings (SSSR count). The molecular formula is C15H16N4. The Labute approximate surface area is 113 Å². The molecule has 0 radical (unpaired) electrons. The summed E-state index contributed by atoms with van der Waals surface area (Å²) in [4.78, 5) is 6.06. The first-order valence-corrected chi connectivity index (χ1v) is 6.10. The second-order valence-electron chi connectivity index (χ2n) is 4.41. The lowest BCUT2D eigenvalue weighted by Gasteiger charge is -2.21. The Hall–Kier alpha value is -2.54. The van der Waals surface area contributed by atoms with Gasteiger partial charge in [-0.1, -0.05) is 0 Å². The highest BCUT2D eigenvalue weighted by molar-refractivity contribution is 5.69. The monoisotopic (exact) mass is 252 g/mol. The Balaban J connectivity index is 2.08. The van der Waals surface area contributed by atoms with Gasteiger partial charge in [0.05, 0.1) is 23.0 Å². The van der Waals surface area contributed by atoms with Crippen molar-refractivity contribution >= 4 is 11.4 Å². The van der Waals surface area contributed by atoms with Crippen LogP contribution in [-0.4, -0.2) is 18.6 Å². The zero-order valence-corrected chi connectivity index (χ0v) is 10.9. The van der Waals surface area contributed by atoms with Crippen molar-refractivity contribution in [3.8, 4) is 6.07 Å². The predicted molar refractivity (Wildman–Crippen MR) is 76.8 cm³/mol. The SMILES string of the molecule is CN(CCc1ccncc1)c1cc(C#N)ccc1N. The summed E-state index contributed by atoms with van der Waals surface area (Å²) in [6.07, 6.45) is 4.50. The molecule has 4 heteroatoms. The van der Waals surface area contributed by atoms with Crippen LogP contribution < -0.4 is 10.6 Å². The number of hydrogen-bond acceptors (Lipinski definition) is 4. The normalized spacial score (nSPS) is 9.89. The standard InChI is InChI=1S/C15H16N4/c1-19(9-6-12-4-7-18-8-5-12)15-10-13(11-16)2-3-14(15)17/h2-5,7-8,10H,6,9,17H2,1H3. The van der Waals surface area contributed by atoms with Crippen LogP contribution in [0, 0.1) is 11.3 Å². The highest BCUT2D eigenvalue weighted by Gasteiger charge is 2.06. The minimum absolute atomic E-state index is 0.625. The molecule has 0 aliphatic rings. The number of anilines is 2. The summed E-state index contributed by atoms with van der Waals surface area (Å²) in [6.45, 7) is 0.836. The maximum Gasteiger partial charge on any atom is 0.0992 e. The number of hydrogen-bond donors (Lipinski definition) is 1. The van der Waals surface area contributed by atoms with E-state index in [-0.39, 0.29) is 0 Å². The fourth-order valence-corrected chi connectivity index (χ4v) is 1.91. The number of nitrogens with zero attached hydrogens (tertiary/aromatic N) is 3. The Bertz CT molecular complexity index is 587.